The number of nitrogens with zero attached hydrogens (tertiary/aromatic N) is 3. The molecule has 1 N–H and O–H groups in total. The zero-order chi connectivity index (χ0) is 15.2. The molecule has 0 atom stereocenters. The molecule has 6 heteroatoms. The highest BCUT2D eigenvalue weighted by Gasteiger charge is 2.20. The predicted molar refractivity (Wildman–Crippen MR) is 78.8 cm³/mol. The fraction of sp³-hybridized carbons (Fsp3) is 0.200. The Labute approximate surface area is 122 Å². The summed E-state index contributed by atoms with van der Waals surface area (Å²) in [5.74, 6) is 0.116. The van der Waals surface area contributed by atoms with Gasteiger partial charge in [0.15, 0.2) is 0 Å². The molecule has 0 radical (unpaired) electrons. The maximum atomic E-state index is 11.1. The second kappa shape index (κ2) is 6.48. The van der Waals surface area contributed by atoms with Gasteiger partial charge in [0.1, 0.15) is 11.6 Å². The molecule has 0 amide bonds. The van der Waals surface area contributed by atoms with Gasteiger partial charge in [0.25, 0.3) is 0 Å². The Morgan fingerprint density at radius 1 is 1.33 bits per heavy atom. The first-order valence-electron chi connectivity index (χ1n) is 6.51. The maximum Gasteiger partial charge on any atom is 0.328 e. The van der Waals surface area contributed by atoms with Crippen LogP contribution in [0.3, 0.4) is 0 Å². The van der Waals surface area contributed by atoms with Crippen molar-refractivity contribution in [3.05, 3.63) is 63.3 Å². The van der Waals surface area contributed by atoms with Gasteiger partial charge in [-0.15, -0.1) is 0 Å². The number of nitrogens with one attached hydrogen (secondary N) is 1. The molecular formula is C15H14N4O2. The van der Waals surface area contributed by atoms with E-state index in [1.807, 2.05) is 30.3 Å². The quantitative estimate of drug-likeness (QED) is 0.672. The minimum atomic E-state index is -0.584. The SMILES string of the molecule is CCc1ccccc1CNc1nccc(C#N)c1[N+](=O)[O-]. The highest BCUT2D eigenvalue weighted by atomic mass is 16.6. The monoisotopic (exact) mass is 282 g/mol. The average molecular weight is 282 g/mol. The molecule has 0 bridgehead atoms. The number of anilines is 1. The predicted octanol–water partition coefficient (Wildman–Crippen LogP) is 3.04. The number of benzene rings is 1. The van der Waals surface area contributed by atoms with Crippen molar-refractivity contribution < 1.29 is 4.92 Å². The van der Waals surface area contributed by atoms with Crippen LogP contribution in [0.15, 0.2) is 36.5 Å². The number of aromatic nitrogens is 1. The molecule has 0 unspecified atom stereocenters. The first kappa shape index (κ1) is 14.5. The zero-order valence-electron chi connectivity index (χ0n) is 11.5. The molecule has 1 aromatic heterocycles. The maximum absolute atomic E-state index is 11.1. The van der Waals surface area contributed by atoms with E-state index in [0.29, 0.717) is 6.54 Å². The molecule has 0 saturated carbocycles. The number of hydrogen-bond donors (Lipinski definition) is 1. The van der Waals surface area contributed by atoms with E-state index in [1.165, 1.54) is 17.8 Å². The van der Waals surface area contributed by atoms with Crippen LogP contribution in [0.25, 0.3) is 0 Å². The van der Waals surface area contributed by atoms with Crippen molar-refractivity contribution in [2.24, 2.45) is 0 Å². The summed E-state index contributed by atoms with van der Waals surface area (Å²) in [6.07, 6.45) is 2.27. The van der Waals surface area contributed by atoms with E-state index >= 15 is 0 Å². The summed E-state index contributed by atoms with van der Waals surface area (Å²) < 4.78 is 0. The van der Waals surface area contributed by atoms with Gasteiger partial charge in [0, 0.05) is 12.7 Å². The van der Waals surface area contributed by atoms with Crippen LogP contribution in [-0.4, -0.2) is 9.91 Å². The molecule has 0 fully saturated rings. The Balaban J connectivity index is 2.29. The smallest absolute Gasteiger partial charge is 0.328 e. The van der Waals surface area contributed by atoms with Gasteiger partial charge in [0.05, 0.1) is 4.92 Å². The molecule has 0 spiro atoms. The molecule has 0 saturated heterocycles. The second-order valence-electron chi connectivity index (χ2n) is 4.40. The van der Waals surface area contributed by atoms with Crippen LogP contribution in [-0.2, 0) is 13.0 Å². The van der Waals surface area contributed by atoms with Crippen LogP contribution < -0.4 is 5.32 Å². The highest BCUT2D eigenvalue weighted by molar-refractivity contribution is 5.64. The van der Waals surface area contributed by atoms with Gasteiger partial charge in [-0.25, -0.2) is 4.98 Å². The van der Waals surface area contributed by atoms with E-state index in [0.717, 1.165) is 12.0 Å². The van der Waals surface area contributed by atoms with Crippen molar-refractivity contribution in [3.8, 4) is 6.07 Å². The van der Waals surface area contributed by atoms with E-state index < -0.39 is 4.92 Å². The van der Waals surface area contributed by atoms with Gasteiger partial charge in [-0.05, 0) is 23.6 Å². The normalized spacial score (nSPS) is 9.90. The molecule has 0 aliphatic carbocycles. The van der Waals surface area contributed by atoms with Crippen molar-refractivity contribution >= 4 is 11.5 Å². The summed E-state index contributed by atoms with van der Waals surface area (Å²) in [7, 11) is 0. The van der Waals surface area contributed by atoms with Crippen molar-refractivity contribution in [3.63, 3.8) is 0 Å². The van der Waals surface area contributed by atoms with Crippen LogP contribution in [0, 0.1) is 21.4 Å². The Bertz CT molecular complexity index is 707. The lowest BCUT2D eigenvalue weighted by atomic mass is 10.1. The van der Waals surface area contributed by atoms with E-state index in [9.17, 15) is 10.1 Å². The van der Waals surface area contributed by atoms with Gasteiger partial charge in [-0.1, -0.05) is 31.2 Å². The van der Waals surface area contributed by atoms with Gasteiger partial charge in [-0.3, -0.25) is 10.1 Å². The third-order valence-electron chi connectivity index (χ3n) is 3.17. The number of rotatable bonds is 5. The summed E-state index contributed by atoms with van der Waals surface area (Å²) in [6, 6.07) is 11.0. The minimum absolute atomic E-state index is 0.00118. The summed E-state index contributed by atoms with van der Waals surface area (Å²) in [5, 5.41) is 23.0. The lowest BCUT2D eigenvalue weighted by Gasteiger charge is -2.10. The van der Waals surface area contributed by atoms with Crippen LogP contribution >= 0.6 is 0 Å². The van der Waals surface area contributed by atoms with Crippen LogP contribution in [0.4, 0.5) is 11.5 Å². The molecule has 1 aromatic carbocycles. The highest BCUT2D eigenvalue weighted by Crippen LogP contribution is 2.26. The second-order valence-corrected chi connectivity index (χ2v) is 4.40. The van der Waals surface area contributed by atoms with Gasteiger partial charge in [-0.2, -0.15) is 5.26 Å². The molecular weight excluding hydrogens is 268 g/mol. The lowest BCUT2D eigenvalue weighted by molar-refractivity contribution is -0.384. The van der Waals surface area contributed by atoms with Gasteiger partial charge < -0.3 is 5.32 Å². The van der Waals surface area contributed by atoms with E-state index in [1.54, 1.807) is 0 Å². The Morgan fingerprint density at radius 2 is 2.05 bits per heavy atom. The lowest BCUT2D eigenvalue weighted by Crippen LogP contribution is -2.07. The van der Waals surface area contributed by atoms with Crippen molar-refractivity contribution in [2.45, 2.75) is 19.9 Å². The molecule has 0 aliphatic rings. The molecule has 2 rings (SSSR count). The number of nitriles is 1. The molecule has 106 valence electrons. The number of aryl methyl sites for hydroxylation is 1. The Hall–Kier alpha value is -2.94. The number of pyridine rings is 1. The summed E-state index contributed by atoms with van der Waals surface area (Å²) >= 11 is 0. The molecule has 21 heavy (non-hydrogen) atoms. The molecule has 0 aliphatic heterocycles. The van der Waals surface area contributed by atoms with E-state index in [2.05, 4.69) is 17.2 Å². The molecule has 2 aromatic rings. The molecule has 1 heterocycles. The van der Waals surface area contributed by atoms with Crippen LogP contribution in [0.1, 0.15) is 23.6 Å². The first-order valence-corrected chi connectivity index (χ1v) is 6.51. The Morgan fingerprint density at radius 3 is 2.67 bits per heavy atom. The average Bonchev–Trinajstić information content (AvgIpc) is 2.52. The van der Waals surface area contributed by atoms with Crippen molar-refractivity contribution in [2.75, 3.05) is 5.32 Å². The van der Waals surface area contributed by atoms with Gasteiger partial charge >= 0.3 is 5.69 Å². The fourth-order valence-corrected chi connectivity index (χ4v) is 2.11. The topological polar surface area (TPSA) is 91.8 Å². The summed E-state index contributed by atoms with van der Waals surface area (Å²) in [6.45, 7) is 2.47. The number of nitro groups is 1. The van der Waals surface area contributed by atoms with E-state index in [4.69, 9.17) is 5.26 Å². The summed E-state index contributed by atoms with van der Waals surface area (Å²) in [4.78, 5) is 14.5. The largest absolute Gasteiger partial charge is 0.360 e. The first-order chi connectivity index (χ1) is 10.2. The van der Waals surface area contributed by atoms with Crippen LogP contribution in [0.5, 0.6) is 0 Å². The van der Waals surface area contributed by atoms with Crippen molar-refractivity contribution in [1.29, 1.82) is 5.26 Å². The Kier molecular flexibility index (Phi) is 4.46. The summed E-state index contributed by atoms with van der Waals surface area (Å²) in [5.41, 5.74) is 1.94. The van der Waals surface area contributed by atoms with E-state index in [-0.39, 0.29) is 17.1 Å². The standard InChI is InChI=1S/C15H14N4O2/c1-2-11-5-3-4-6-13(11)10-18-15-14(19(20)21)12(9-16)7-8-17-15/h3-8H,2,10H2,1H3,(H,17,18). The molecule has 6 nitrogen and oxygen atoms in total. The van der Waals surface area contributed by atoms with Gasteiger partial charge in [0.2, 0.25) is 5.82 Å². The minimum Gasteiger partial charge on any atom is -0.360 e. The third kappa shape index (κ3) is 3.15. The van der Waals surface area contributed by atoms with Crippen molar-refractivity contribution in [1.82, 2.24) is 4.98 Å². The fourth-order valence-electron chi connectivity index (χ4n) is 2.11. The zero-order valence-corrected chi connectivity index (χ0v) is 11.5. The number of hydrogen-bond acceptors (Lipinski definition) is 5. The third-order valence-corrected chi connectivity index (χ3v) is 3.17. The van der Waals surface area contributed by atoms with Crippen LogP contribution in [0.2, 0.25) is 0 Å².